The summed E-state index contributed by atoms with van der Waals surface area (Å²) in [6, 6.07) is 4.99. The second-order valence-electron chi connectivity index (χ2n) is 4.63. The SMILES string of the molecule is Cc1n[nH]c(C)c1S(=O)(=O)NCCNC(=O)c1ccccn1. The van der Waals surface area contributed by atoms with Crippen LogP contribution in [0.15, 0.2) is 29.3 Å². The monoisotopic (exact) mass is 323 g/mol. The number of hydrogen-bond donors (Lipinski definition) is 3. The van der Waals surface area contributed by atoms with E-state index < -0.39 is 10.0 Å². The van der Waals surface area contributed by atoms with E-state index in [1.54, 1.807) is 32.0 Å². The molecule has 118 valence electrons. The maximum Gasteiger partial charge on any atom is 0.269 e. The highest BCUT2D eigenvalue weighted by atomic mass is 32.2. The molecule has 0 aliphatic carbocycles. The molecule has 9 heteroatoms. The number of nitrogens with zero attached hydrogens (tertiary/aromatic N) is 2. The Bertz CT molecular complexity index is 736. The van der Waals surface area contributed by atoms with Gasteiger partial charge in [-0.05, 0) is 26.0 Å². The molecule has 2 heterocycles. The molecule has 0 saturated carbocycles. The van der Waals surface area contributed by atoms with Crippen molar-refractivity contribution in [3.63, 3.8) is 0 Å². The number of sulfonamides is 1. The van der Waals surface area contributed by atoms with E-state index >= 15 is 0 Å². The van der Waals surface area contributed by atoms with Crippen LogP contribution in [0, 0.1) is 13.8 Å². The fourth-order valence-electron chi connectivity index (χ4n) is 1.96. The highest BCUT2D eigenvalue weighted by Crippen LogP contribution is 2.15. The molecule has 0 bridgehead atoms. The lowest BCUT2D eigenvalue weighted by Crippen LogP contribution is -2.35. The first kappa shape index (κ1) is 16.1. The molecule has 2 aromatic heterocycles. The van der Waals surface area contributed by atoms with E-state index in [1.165, 1.54) is 6.20 Å². The molecule has 0 aliphatic rings. The summed E-state index contributed by atoms with van der Waals surface area (Å²) in [5.41, 5.74) is 1.16. The van der Waals surface area contributed by atoms with Gasteiger partial charge in [0.05, 0.1) is 11.4 Å². The van der Waals surface area contributed by atoms with Gasteiger partial charge in [-0.3, -0.25) is 14.9 Å². The summed E-state index contributed by atoms with van der Waals surface area (Å²) in [4.78, 5) is 15.8. The number of aromatic amines is 1. The van der Waals surface area contributed by atoms with Crippen molar-refractivity contribution < 1.29 is 13.2 Å². The van der Waals surface area contributed by atoms with Crippen LogP contribution in [0.5, 0.6) is 0 Å². The van der Waals surface area contributed by atoms with Crippen LogP contribution in [0.25, 0.3) is 0 Å². The molecule has 1 amide bonds. The lowest BCUT2D eigenvalue weighted by molar-refractivity contribution is 0.0949. The van der Waals surface area contributed by atoms with Crippen LogP contribution in [0.4, 0.5) is 0 Å². The summed E-state index contributed by atoms with van der Waals surface area (Å²) in [6.07, 6.45) is 1.52. The normalized spacial score (nSPS) is 11.4. The van der Waals surface area contributed by atoms with Crippen molar-refractivity contribution in [3.8, 4) is 0 Å². The van der Waals surface area contributed by atoms with Gasteiger partial charge in [-0.1, -0.05) is 6.07 Å². The van der Waals surface area contributed by atoms with Crippen molar-refractivity contribution in [3.05, 3.63) is 41.5 Å². The number of nitrogens with one attached hydrogen (secondary N) is 3. The third kappa shape index (κ3) is 3.68. The van der Waals surface area contributed by atoms with Crippen molar-refractivity contribution in [2.45, 2.75) is 18.7 Å². The Morgan fingerprint density at radius 3 is 2.64 bits per heavy atom. The van der Waals surface area contributed by atoms with E-state index in [1.807, 2.05) is 0 Å². The van der Waals surface area contributed by atoms with Crippen molar-refractivity contribution >= 4 is 15.9 Å². The average Bonchev–Trinajstić information content (AvgIpc) is 2.84. The first-order valence-electron chi connectivity index (χ1n) is 6.62. The zero-order valence-electron chi connectivity index (χ0n) is 12.3. The predicted molar refractivity (Wildman–Crippen MR) is 79.8 cm³/mol. The molecule has 0 radical (unpaired) electrons. The topological polar surface area (TPSA) is 117 Å². The van der Waals surface area contributed by atoms with Gasteiger partial charge in [0.25, 0.3) is 5.91 Å². The number of H-pyrrole nitrogens is 1. The highest BCUT2D eigenvalue weighted by molar-refractivity contribution is 7.89. The van der Waals surface area contributed by atoms with Gasteiger partial charge in [0.15, 0.2) is 0 Å². The van der Waals surface area contributed by atoms with Crippen molar-refractivity contribution in [2.24, 2.45) is 0 Å². The van der Waals surface area contributed by atoms with Gasteiger partial charge in [-0.15, -0.1) is 0 Å². The summed E-state index contributed by atoms with van der Waals surface area (Å²) < 4.78 is 26.7. The third-order valence-corrected chi connectivity index (χ3v) is 4.65. The lowest BCUT2D eigenvalue weighted by Gasteiger charge is -2.08. The number of carbonyl (C=O) groups excluding carboxylic acids is 1. The Balaban J connectivity index is 1.88. The van der Waals surface area contributed by atoms with Crippen LogP contribution in [0.2, 0.25) is 0 Å². The van der Waals surface area contributed by atoms with Crippen molar-refractivity contribution in [2.75, 3.05) is 13.1 Å². The Kier molecular flexibility index (Phi) is 4.88. The summed E-state index contributed by atoms with van der Waals surface area (Å²) in [5.74, 6) is -0.351. The molecular formula is C13H17N5O3S. The minimum absolute atomic E-state index is 0.0744. The molecule has 0 aromatic carbocycles. The van der Waals surface area contributed by atoms with E-state index in [9.17, 15) is 13.2 Å². The number of aromatic nitrogens is 3. The van der Waals surface area contributed by atoms with Gasteiger partial charge in [-0.25, -0.2) is 13.1 Å². The molecule has 2 aromatic rings. The van der Waals surface area contributed by atoms with E-state index in [0.29, 0.717) is 11.4 Å². The van der Waals surface area contributed by atoms with Crippen LogP contribution in [0.1, 0.15) is 21.9 Å². The van der Waals surface area contributed by atoms with Crippen molar-refractivity contribution in [1.29, 1.82) is 0 Å². The van der Waals surface area contributed by atoms with Crippen LogP contribution < -0.4 is 10.0 Å². The minimum Gasteiger partial charge on any atom is -0.349 e. The molecule has 0 atom stereocenters. The third-order valence-electron chi connectivity index (χ3n) is 2.93. The number of carbonyl (C=O) groups is 1. The highest BCUT2D eigenvalue weighted by Gasteiger charge is 2.21. The molecule has 0 unspecified atom stereocenters. The summed E-state index contributed by atoms with van der Waals surface area (Å²) in [7, 11) is -3.65. The van der Waals surface area contributed by atoms with Crippen LogP contribution in [-0.2, 0) is 10.0 Å². The first-order valence-corrected chi connectivity index (χ1v) is 8.10. The average molecular weight is 323 g/mol. The van der Waals surface area contributed by atoms with E-state index in [4.69, 9.17) is 0 Å². The second-order valence-corrected chi connectivity index (χ2v) is 6.34. The number of aryl methyl sites for hydroxylation is 2. The molecule has 0 spiro atoms. The fraction of sp³-hybridized carbons (Fsp3) is 0.308. The molecule has 0 fully saturated rings. The van der Waals surface area contributed by atoms with E-state index in [2.05, 4.69) is 25.2 Å². The Labute approximate surface area is 128 Å². The lowest BCUT2D eigenvalue weighted by atomic mass is 10.3. The molecule has 2 rings (SSSR count). The first-order chi connectivity index (χ1) is 10.4. The molecule has 3 N–H and O–H groups in total. The largest absolute Gasteiger partial charge is 0.349 e. The van der Waals surface area contributed by atoms with Crippen molar-refractivity contribution in [1.82, 2.24) is 25.2 Å². The summed E-state index contributed by atoms with van der Waals surface area (Å²) >= 11 is 0. The maximum absolute atomic E-state index is 12.2. The van der Waals surface area contributed by atoms with Crippen LogP contribution in [-0.4, -0.2) is 42.6 Å². The van der Waals surface area contributed by atoms with Gasteiger partial charge in [0, 0.05) is 19.3 Å². The number of hydrogen-bond acceptors (Lipinski definition) is 5. The molecule has 8 nitrogen and oxygen atoms in total. The molecular weight excluding hydrogens is 306 g/mol. The predicted octanol–water partition coefficient (Wildman–Crippen LogP) is 0.130. The number of amides is 1. The van der Waals surface area contributed by atoms with Crippen LogP contribution >= 0.6 is 0 Å². The second kappa shape index (κ2) is 6.67. The van der Waals surface area contributed by atoms with Gasteiger partial charge in [0.2, 0.25) is 10.0 Å². The van der Waals surface area contributed by atoms with Gasteiger partial charge >= 0.3 is 0 Å². The van der Waals surface area contributed by atoms with Crippen LogP contribution in [0.3, 0.4) is 0 Å². The van der Waals surface area contributed by atoms with Gasteiger partial charge in [0.1, 0.15) is 10.6 Å². The van der Waals surface area contributed by atoms with Gasteiger partial charge in [-0.2, -0.15) is 5.10 Å². The smallest absolute Gasteiger partial charge is 0.269 e. The Hall–Kier alpha value is -2.26. The van der Waals surface area contributed by atoms with E-state index in [-0.39, 0.29) is 29.6 Å². The zero-order chi connectivity index (χ0) is 16.2. The molecule has 22 heavy (non-hydrogen) atoms. The number of rotatable bonds is 6. The Morgan fingerprint density at radius 2 is 2.05 bits per heavy atom. The van der Waals surface area contributed by atoms with Gasteiger partial charge < -0.3 is 5.32 Å². The summed E-state index contributed by atoms with van der Waals surface area (Å²) in [6.45, 7) is 3.48. The maximum atomic E-state index is 12.2. The Morgan fingerprint density at radius 1 is 1.27 bits per heavy atom. The fourth-order valence-corrected chi connectivity index (χ4v) is 3.36. The minimum atomic E-state index is -3.65. The molecule has 0 aliphatic heterocycles. The standard InChI is InChI=1S/C13H17N5O3S/c1-9-12(10(2)18-17-9)22(20,21)16-8-7-15-13(19)11-5-3-4-6-14-11/h3-6,16H,7-8H2,1-2H3,(H,15,19)(H,17,18). The zero-order valence-corrected chi connectivity index (χ0v) is 13.1. The quantitative estimate of drug-likeness (QED) is 0.653. The number of pyridine rings is 1. The molecule has 0 saturated heterocycles. The van der Waals surface area contributed by atoms with E-state index in [0.717, 1.165) is 0 Å². The summed E-state index contributed by atoms with van der Waals surface area (Å²) in [5, 5.41) is 9.08.